The van der Waals surface area contributed by atoms with Crippen molar-refractivity contribution in [2.24, 2.45) is 0 Å². The molecule has 1 aromatic heterocycles. The van der Waals surface area contributed by atoms with Crippen molar-refractivity contribution in [1.29, 1.82) is 0 Å². The summed E-state index contributed by atoms with van der Waals surface area (Å²) in [5, 5.41) is 10.1. The number of hydrogen-bond acceptors (Lipinski definition) is 1. The summed E-state index contributed by atoms with van der Waals surface area (Å²) in [6.07, 6.45) is 4.41. The van der Waals surface area contributed by atoms with Crippen LogP contribution in [0.1, 0.15) is 5.56 Å². The van der Waals surface area contributed by atoms with E-state index in [0.29, 0.717) is 5.02 Å². The summed E-state index contributed by atoms with van der Waals surface area (Å²) >= 11 is 5.82. The van der Waals surface area contributed by atoms with Crippen LogP contribution in [0.5, 0.6) is 0 Å². The van der Waals surface area contributed by atoms with Crippen LogP contribution < -0.4 is 0 Å². The van der Waals surface area contributed by atoms with Crippen LogP contribution in [0.4, 0.5) is 0 Å². The minimum atomic E-state index is -0.960. The molecule has 1 aromatic carbocycles. The summed E-state index contributed by atoms with van der Waals surface area (Å²) in [5.41, 5.74) is 1.73. The van der Waals surface area contributed by atoms with Gasteiger partial charge in [-0.3, -0.25) is 0 Å². The Morgan fingerprint density at radius 3 is 3.00 bits per heavy atom. The first-order valence-corrected chi connectivity index (χ1v) is 4.72. The molecule has 76 valence electrons. The number of aromatic nitrogens is 1. The third-order valence-corrected chi connectivity index (χ3v) is 2.32. The van der Waals surface area contributed by atoms with E-state index >= 15 is 0 Å². The number of aliphatic carboxylic acids is 1. The summed E-state index contributed by atoms with van der Waals surface area (Å²) in [5.74, 6) is -0.960. The zero-order valence-corrected chi connectivity index (χ0v) is 8.45. The second kappa shape index (κ2) is 3.79. The van der Waals surface area contributed by atoms with E-state index < -0.39 is 5.97 Å². The van der Waals surface area contributed by atoms with Crippen LogP contribution >= 0.6 is 11.6 Å². The van der Waals surface area contributed by atoms with Gasteiger partial charge in [-0.15, -0.1) is 0 Å². The van der Waals surface area contributed by atoms with Crippen molar-refractivity contribution < 1.29 is 9.90 Å². The summed E-state index contributed by atoms with van der Waals surface area (Å²) in [4.78, 5) is 13.4. The fourth-order valence-electron chi connectivity index (χ4n) is 1.42. The fourth-order valence-corrected chi connectivity index (χ4v) is 1.59. The molecule has 0 aliphatic carbocycles. The van der Waals surface area contributed by atoms with Crippen molar-refractivity contribution in [3.05, 3.63) is 41.1 Å². The maximum atomic E-state index is 10.4. The van der Waals surface area contributed by atoms with E-state index in [4.69, 9.17) is 16.7 Å². The molecule has 0 unspecified atom stereocenters. The Hall–Kier alpha value is -1.74. The molecule has 0 aliphatic rings. The lowest BCUT2D eigenvalue weighted by atomic mass is 10.1. The maximum Gasteiger partial charge on any atom is 0.328 e. The van der Waals surface area contributed by atoms with Gasteiger partial charge in [0.25, 0.3) is 0 Å². The van der Waals surface area contributed by atoms with Crippen molar-refractivity contribution in [1.82, 2.24) is 4.98 Å². The topological polar surface area (TPSA) is 53.1 Å². The lowest BCUT2D eigenvalue weighted by Gasteiger charge is -1.92. The number of rotatable bonds is 2. The molecule has 0 fully saturated rings. The summed E-state index contributed by atoms with van der Waals surface area (Å²) in [7, 11) is 0. The molecule has 0 aliphatic heterocycles. The molecule has 0 saturated heterocycles. The number of carboxylic acids is 1. The Kier molecular flexibility index (Phi) is 2.47. The first-order chi connectivity index (χ1) is 7.16. The summed E-state index contributed by atoms with van der Waals surface area (Å²) in [6, 6.07) is 5.43. The second-order valence-electron chi connectivity index (χ2n) is 3.11. The molecule has 3 nitrogen and oxygen atoms in total. The van der Waals surface area contributed by atoms with Gasteiger partial charge >= 0.3 is 5.97 Å². The van der Waals surface area contributed by atoms with Crippen molar-refractivity contribution >= 4 is 34.5 Å². The number of H-pyrrole nitrogens is 1. The van der Waals surface area contributed by atoms with E-state index in [9.17, 15) is 4.79 Å². The van der Waals surface area contributed by atoms with Crippen LogP contribution in [0.2, 0.25) is 5.02 Å². The van der Waals surface area contributed by atoms with Crippen molar-refractivity contribution in [3.8, 4) is 0 Å². The van der Waals surface area contributed by atoms with Gasteiger partial charge in [-0.25, -0.2) is 4.79 Å². The lowest BCUT2D eigenvalue weighted by Crippen LogP contribution is -1.84. The van der Waals surface area contributed by atoms with Gasteiger partial charge in [0.15, 0.2) is 0 Å². The third-order valence-electron chi connectivity index (χ3n) is 2.08. The summed E-state index contributed by atoms with van der Waals surface area (Å²) < 4.78 is 0. The van der Waals surface area contributed by atoms with Crippen LogP contribution in [0.25, 0.3) is 17.0 Å². The number of carbonyl (C=O) groups is 1. The molecule has 2 N–H and O–H groups in total. The predicted octanol–water partition coefficient (Wildman–Crippen LogP) is 2.92. The van der Waals surface area contributed by atoms with E-state index in [1.54, 1.807) is 24.4 Å². The number of halogens is 1. The molecule has 0 spiro atoms. The number of carboxylic acid groups (broad SMARTS) is 1. The highest BCUT2D eigenvalue weighted by atomic mass is 35.5. The van der Waals surface area contributed by atoms with Gasteiger partial charge in [0.2, 0.25) is 0 Å². The zero-order valence-electron chi connectivity index (χ0n) is 7.70. The Bertz CT molecular complexity index is 543. The Balaban J connectivity index is 2.50. The minimum Gasteiger partial charge on any atom is -0.478 e. The number of benzene rings is 1. The molecule has 15 heavy (non-hydrogen) atoms. The molecule has 2 aromatic rings. The van der Waals surface area contributed by atoms with Gasteiger partial charge in [0, 0.05) is 33.8 Å². The Labute approximate surface area is 91.0 Å². The molecule has 0 atom stereocenters. The number of hydrogen-bond donors (Lipinski definition) is 2. The number of aromatic amines is 1. The molecule has 1 heterocycles. The van der Waals surface area contributed by atoms with Gasteiger partial charge in [-0.2, -0.15) is 0 Å². The van der Waals surface area contributed by atoms with E-state index in [0.717, 1.165) is 22.5 Å². The normalized spacial score (nSPS) is 11.3. The van der Waals surface area contributed by atoms with Gasteiger partial charge in [-0.05, 0) is 18.2 Å². The average molecular weight is 222 g/mol. The molecular formula is C11H8ClNO2. The fraction of sp³-hybridized carbons (Fsp3) is 0. The first kappa shape index (κ1) is 9.80. The van der Waals surface area contributed by atoms with Gasteiger partial charge < -0.3 is 10.1 Å². The van der Waals surface area contributed by atoms with E-state index in [-0.39, 0.29) is 0 Å². The highest BCUT2D eigenvalue weighted by Crippen LogP contribution is 2.22. The first-order valence-electron chi connectivity index (χ1n) is 4.34. The number of nitrogens with one attached hydrogen (secondary N) is 1. The molecule has 4 heteroatoms. The Morgan fingerprint density at radius 1 is 1.47 bits per heavy atom. The van der Waals surface area contributed by atoms with Gasteiger partial charge in [-0.1, -0.05) is 17.7 Å². The minimum absolute atomic E-state index is 0.651. The Morgan fingerprint density at radius 2 is 2.27 bits per heavy atom. The van der Waals surface area contributed by atoms with Crippen LogP contribution in [-0.2, 0) is 4.79 Å². The van der Waals surface area contributed by atoms with Crippen LogP contribution in [0.15, 0.2) is 30.5 Å². The lowest BCUT2D eigenvalue weighted by molar-refractivity contribution is -0.131. The van der Waals surface area contributed by atoms with Crippen molar-refractivity contribution in [3.63, 3.8) is 0 Å². The second-order valence-corrected chi connectivity index (χ2v) is 3.54. The zero-order chi connectivity index (χ0) is 10.8. The monoisotopic (exact) mass is 221 g/mol. The summed E-state index contributed by atoms with van der Waals surface area (Å²) in [6.45, 7) is 0. The van der Waals surface area contributed by atoms with Crippen LogP contribution in [0, 0.1) is 0 Å². The van der Waals surface area contributed by atoms with Crippen molar-refractivity contribution in [2.45, 2.75) is 0 Å². The molecular weight excluding hydrogens is 214 g/mol. The average Bonchev–Trinajstić information content (AvgIpc) is 2.57. The molecule has 0 amide bonds. The van der Waals surface area contributed by atoms with Gasteiger partial charge in [0.05, 0.1) is 0 Å². The van der Waals surface area contributed by atoms with Crippen molar-refractivity contribution in [2.75, 3.05) is 0 Å². The van der Waals surface area contributed by atoms with Crippen LogP contribution in [0.3, 0.4) is 0 Å². The van der Waals surface area contributed by atoms with E-state index in [1.807, 2.05) is 6.07 Å². The van der Waals surface area contributed by atoms with Crippen LogP contribution in [-0.4, -0.2) is 16.1 Å². The third kappa shape index (κ3) is 2.02. The SMILES string of the molecule is O=C(O)C=Cc1c[nH]c2cc(Cl)ccc12. The molecule has 0 radical (unpaired) electrons. The highest BCUT2D eigenvalue weighted by Gasteiger charge is 2.01. The predicted molar refractivity (Wildman–Crippen MR) is 60.0 cm³/mol. The van der Waals surface area contributed by atoms with E-state index in [1.165, 1.54) is 0 Å². The van der Waals surface area contributed by atoms with Gasteiger partial charge in [0.1, 0.15) is 0 Å². The highest BCUT2D eigenvalue weighted by molar-refractivity contribution is 6.31. The standard InChI is InChI=1S/C11H8ClNO2/c12-8-2-3-9-7(1-4-11(14)15)6-13-10(9)5-8/h1-6,13H,(H,14,15). The largest absolute Gasteiger partial charge is 0.478 e. The number of fused-ring (bicyclic) bond motifs is 1. The quantitative estimate of drug-likeness (QED) is 0.766. The maximum absolute atomic E-state index is 10.4. The smallest absolute Gasteiger partial charge is 0.328 e. The van der Waals surface area contributed by atoms with E-state index in [2.05, 4.69) is 4.98 Å². The molecule has 2 rings (SSSR count). The molecule has 0 saturated carbocycles. The molecule has 0 bridgehead atoms.